The number of aromatic nitrogens is 4. The van der Waals surface area contributed by atoms with E-state index in [1.54, 1.807) is 41.7 Å². The van der Waals surface area contributed by atoms with Crippen LogP contribution in [0.5, 0.6) is 0 Å². The Morgan fingerprint density at radius 3 is 2.76 bits per heavy atom. The molecule has 1 unspecified atom stereocenters. The predicted octanol–water partition coefficient (Wildman–Crippen LogP) is 0.938. The van der Waals surface area contributed by atoms with Crippen LogP contribution in [0.2, 0.25) is 0 Å². The second-order valence-electron chi connectivity index (χ2n) is 6.66. The molecule has 0 amide bonds. The summed E-state index contributed by atoms with van der Waals surface area (Å²) in [5.74, 6) is 0.252. The lowest BCUT2D eigenvalue weighted by molar-refractivity contribution is 0.253. The lowest BCUT2D eigenvalue weighted by Gasteiger charge is -2.33. The summed E-state index contributed by atoms with van der Waals surface area (Å²) in [6.07, 6.45) is 9.75. The Bertz CT molecular complexity index is 833. The summed E-state index contributed by atoms with van der Waals surface area (Å²) in [5.41, 5.74) is 2.60. The zero-order valence-corrected chi connectivity index (χ0v) is 15.6. The van der Waals surface area contributed by atoms with Crippen LogP contribution in [0.4, 0.5) is 0 Å². The Balaban J connectivity index is 1.72. The van der Waals surface area contributed by atoms with E-state index in [4.69, 9.17) is 0 Å². The lowest BCUT2D eigenvalue weighted by atomic mass is 9.95. The van der Waals surface area contributed by atoms with E-state index in [0.717, 1.165) is 36.2 Å². The average Bonchev–Trinajstić information content (AvgIpc) is 3.02. The largest absolute Gasteiger partial charge is 0.281 e. The van der Waals surface area contributed by atoms with Gasteiger partial charge in [-0.15, -0.1) is 0 Å². The van der Waals surface area contributed by atoms with Gasteiger partial charge in [-0.05, 0) is 25.2 Å². The van der Waals surface area contributed by atoms with Gasteiger partial charge in [0.25, 0.3) is 10.2 Å². The SMILES string of the molecule is CN(C)S(=O)(=O)N1CCCC(Cc2cncc(-c3cnn(C)c3)n2)C1. The van der Waals surface area contributed by atoms with Crippen LogP contribution in [0.3, 0.4) is 0 Å². The molecule has 9 heteroatoms. The van der Waals surface area contributed by atoms with Gasteiger partial charge < -0.3 is 0 Å². The maximum absolute atomic E-state index is 12.3. The van der Waals surface area contributed by atoms with E-state index in [-0.39, 0.29) is 5.92 Å². The Hall–Kier alpha value is -1.84. The first-order chi connectivity index (χ1) is 11.9. The number of aryl methyl sites for hydroxylation is 1. The topological polar surface area (TPSA) is 84.2 Å². The molecule has 136 valence electrons. The summed E-state index contributed by atoms with van der Waals surface area (Å²) in [6.45, 7) is 1.11. The molecule has 0 bridgehead atoms. The van der Waals surface area contributed by atoms with Gasteiger partial charge in [-0.1, -0.05) is 0 Å². The third-order valence-electron chi connectivity index (χ3n) is 4.45. The van der Waals surface area contributed by atoms with Crippen molar-refractivity contribution >= 4 is 10.2 Å². The van der Waals surface area contributed by atoms with Gasteiger partial charge in [-0.2, -0.15) is 22.1 Å². The molecular formula is C16H24N6O2S. The fraction of sp³-hybridized carbons (Fsp3) is 0.562. The summed E-state index contributed by atoms with van der Waals surface area (Å²) in [6, 6.07) is 0. The third-order valence-corrected chi connectivity index (χ3v) is 6.36. The lowest BCUT2D eigenvalue weighted by Crippen LogP contribution is -2.45. The third kappa shape index (κ3) is 4.05. The fourth-order valence-electron chi connectivity index (χ4n) is 3.13. The highest BCUT2D eigenvalue weighted by atomic mass is 32.2. The zero-order chi connectivity index (χ0) is 18.0. The quantitative estimate of drug-likeness (QED) is 0.788. The van der Waals surface area contributed by atoms with Crippen molar-refractivity contribution in [3.05, 3.63) is 30.5 Å². The van der Waals surface area contributed by atoms with Crippen LogP contribution in [0.15, 0.2) is 24.8 Å². The highest BCUT2D eigenvalue weighted by Crippen LogP contribution is 2.24. The predicted molar refractivity (Wildman–Crippen MR) is 94.8 cm³/mol. The first-order valence-electron chi connectivity index (χ1n) is 8.34. The smallest absolute Gasteiger partial charge is 0.275 e. The summed E-state index contributed by atoms with van der Waals surface area (Å²) in [5, 5.41) is 4.16. The van der Waals surface area contributed by atoms with Crippen LogP contribution in [-0.2, 0) is 23.7 Å². The van der Waals surface area contributed by atoms with Crippen molar-refractivity contribution in [1.82, 2.24) is 28.4 Å². The molecule has 1 atom stereocenters. The standard InChI is InChI=1S/C16H24N6O2S/c1-20(2)25(23,24)22-6-4-5-13(11-22)7-15-9-17-10-16(19-15)14-8-18-21(3)12-14/h8-10,12-13H,4-7,11H2,1-3H3. The molecular weight excluding hydrogens is 340 g/mol. The molecule has 1 aliphatic rings. The number of piperidine rings is 1. The maximum atomic E-state index is 12.3. The highest BCUT2D eigenvalue weighted by Gasteiger charge is 2.30. The molecule has 3 heterocycles. The van der Waals surface area contributed by atoms with E-state index in [2.05, 4.69) is 15.1 Å². The van der Waals surface area contributed by atoms with Gasteiger partial charge in [-0.25, -0.2) is 4.98 Å². The van der Waals surface area contributed by atoms with E-state index in [0.29, 0.717) is 13.1 Å². The molecule has 1 saturated heterocycles. The normalized spacial score (nSPS) is 19.4. The average molecular weight is 364 g/mol. The molecule has 0 aliphatic carbocycles. The Kier molecular flexibility index (Phi) is 5.16. The minimum absolute atomic E-state index is 0.252. The summed E-state index contributed by atoms with van der Waals surface area (Å²) in [7, 11) is 1.65. The highest BCUT2D eigenvalue weighted by molar-refractivity contribution is 7.86. The molecule has 0 aromatic carbocycles. The molecule has 25 heavy (non-hydrogen) atoms. The Morgan fingerprint density at radius 2 is 2.08 bits per heavy atom. The van der Waals surface area contributed by atoms with Gasteiger partial charge in [-0.3, -0.25) is 9.67 Å². The molecule has 0 N–H and O–H groups in total. The molecule has 2 aromatic heterocycles. The first kappa shape index (κ1) is 18.0. The Morgan fingerprint density at radius 1 is 1.28 bits per heavy atom. The van der Waals surface area contributed by atoms with E-state index in [9.17, 15) is 8.42 Å². The number of hydrogen-bond acceptors (Lipinski definition) is 5. The van der Waals surface area contributed by atoms with Crippen LogP contribution >= 0.6 is 0 Å². The second kappa shape index (κ2) is 7.19. The van der Waals surface area contributed by atoms with Crippen molar-refractivity contribution in [3.8, 4) is 11.3 Å². The van der Waals surface area contributed by atoms with Crippen molar-refractivity contribution in [1.29, 1.82) is 0 Å². The first-order valence-corrected chi connectivity index (χ1v) is 9.73. The van der Waals surface area contributed by atoms with Crippen LogP contribution in [-0.4, -0.2) is 64.0 Å². The summed E-state index contributed by atoms with van der Waals surface area (Å²) < 4.78 is 29.3. The van der Waals surface area contributed by atoms with E-state index >= 15 is 0 Å². The van der Waals surface area contributed by atoms with Crippen molar-refractivity contribution in [2.45, 2.75) is 19.3 Å². The van der Waals surface area contributed by atoms with Gasteiger partial charge in [0.2, 0.25) is 0 Å². The summed E-state index contributed by atoms with van der Waals surface area (Å²) >= 11 is 0. The monoisotopic (exact) mass is 364 g/mol. The van der Waals surface area contributed by atoms with Gasteiger partial charge in [0.05, 0.1) is 23.8 Å². The van der Waals surface area contributed by atoms with E-state index in [1.165, 1.54) is 4.31 Å². The molecule has 2 aromatic rings. The van der Waals surface area contributed by atoms with Crippen LogP contribution in [0.25, 0.3) is 11.3 Å². The van der Waals surface area contributed by atoms with Gasteiger partial charge in [0.15, 0.2) is 0 Å². The molecule has 1 aliphatic heterocycles. The maximum Gasteiger partial charge on any atom is 0.281 e. The van der Waals surface area contributed by atoms with Crippen molar-refractivity contribution in [2.75, 3.05) is 27.2 Å². The summed E-state index contributed by atoms with van der Waals surface area (Å²) in [4.78, 5) is 8.97. The van der Waals surface area contributed by atoms with Gasteiger partial charge >= 0.3 is 0 Å². The zero-order valence-electron chi connectivity index (χ0n) is 14.8. The molecule has 3 rings (SSSR count). The Labute approximate surface area is 148 Å². The van der Waals surface area contributed by atoms with Gasteiger partial charge in [0, 0.05) is 52.2 Å². The minimum atomic E-state index is -3.35. The van der Waals surface area contributed by atoms with Crippen molar-refractivity contribution in [3.63, 3.8) is 0 Å². The molecule has 0 radical (unpaired) electrons. The number of nitrogens with zero attached hydrogens (tertiary/aromatic N) is 6. The van der Waals surface area contributed by atoms with Crippen LogP contribution in [0.1, 0.15) is 18.5 Å². The van der Waals surface area contributed by atoms with Gasteiger partial charge in [0.1, 0.15) is 0 Å². The molecule has 8 nitrogen and oxygen atoms in total. The van der Waals surface area contributed by atoms with E-state index in [1.807, 2.05) is 13.2 Å². The van der Waals surface area contributed by atoms with Crippen LogP contribution in [0, 0.1) is 5.92 Å². The number of hydrogen-bond donors (Lipinski definition) is 0. The molecule has 0 spiro atoms. The fourth-order valence-corrected chi connectivity index (χ4v) is 4.35. The van der Waals surface area contributed by atoms with E-state index < -0.39 is 10.2 Å². The van der Waals surface area contributed by atoms with Crippen molar-refractivity contribution in [2.24, 2.45) is 13.0 Å². The minimum Gasteiger partial charge on any atom is -0.275 e. The molecule has 1 fully saturated rings. The second-order valence-corrected chi connectivity index (χ2v) is 8.80. The van der Waals surface area contributed by atoms with Crippen molar-refractivity contribution < 1.29 is 8.42 Å². The van der Waals surface area contributed by atoms with Crippen LogP contribution < -0.4 is 0 Å². The molecule has 0 saturated carbocycles. The number of rotatable bonds is 5.